The van der Waals surface area contributed by atoms with Crippen LogP contribution in [-0.4, -0.2) is 10.2 Å². The van der Waals surface area contributed by atoms with E-state index in [1.165, 1.54) is 5.56 Å². The summed E-state index contributed by atoms with van der Waals surface area (Å²) in [5.41, 5.74) is 3.33. The standard InChI is InChI=1S/C17H16N3/c1-14-6-5-9-16(12-14)20(17-10-11-18-19-17)13-15-7-3-2-4-8-15/h2-12H,1,13H2,(H,18,19). The number of aromatic amines is 1. The molecule has 0 amide bonds. The first-order valence-electron chi connectivity index (χ1n) is 6.56. The third-order valence-electron chi connectivity index (χ3n) is 3.17. The Bertz CT molecular complexity index is 660. The van der Waals surface area contributed by atoms with Gasteiger partial charge >= 0.3 is 0 Å². The molecule has 99 valence electrons. The minimum Gasteiger partial charge on any atom is -0.320 e. The van der Waals surface area contributed by atoms with Gasteiger partial charge in [-0.15, -0.1) is 0 Å². The number of rotatable bonds is 4. The van der Waals surface area contributed by atoms with Crippen molar-refractivity contribution in [3.63, 3.8) is 0 Å². The Hall–Kier alpha value is -2.55. The highest BCUT2D eigenvalue weighted by Crippen LogP contribution is 2.26. The summed E-state index contributed by atoms with van der Waals surface area (Å²) in [5.74, 6) is 0.902. The Kier molecular flexibility index (Phi) is 3.50. The second-order valence-corrected chi connectivity index (χ2v) is 4.67. The highest BCUT2D eigenvalue weighted by atomic mass is 15.3. The molecular weight excluding hydrogens is 246 g/mol. The van der Waals surface area contributed by atoms with Crippen molar-refractivity contribution >= 4 is 11.5 Å². The van der Waals surface area contributed by atoms with Gasteiger partial charge in [-0.2, -0.15) is 5.10 Å². The van der Waals surface area contributed by atoms with Crippen LogP contribution in [0.1, 0.15) is 11.1 Å². The van der Waals surface area contributed by atoms with Crippen LogP contribution in [0.2, 0.25) is 0 Å². The Balaban J connectivity index is 1.97. The summed E-state index contributed by atoms with van der Waals surface area (Å²) in [4.78, 5) is 2.17. The first-order chi connectivity index (χ1) is 9.83. The average molecular weight is 262 g/mol. The number of hydrogen-bond donors (Lipinski definition) is 1. The molecule has 0 aliphatic rings. The van der Waals surface area contributed by atoms with Crippen LogP contribution in [0, 0.1) is 6.92 Å². The number of H-pyrrole nitrogens is 1. The van der Waals surface area contributed by atoms with Crippen molar-refractivity contribution < 1.29 is 0 Å². The van der Waals surface area contributed by atoms with Gasteiger partial charge in [0.2, 0.25) is 0 Å². The van der Waals surface area contributed by atoms with Crippen molar-refractivity contribution in [1.82, 2.24) is 10.2 Å². The third kappa shape index (κ3) is 2.72. The molecule has 1 heterocycles. The van der Waals surface area contributed by atoms with Crippen molar-refractivity contribution in [2.75, 3.05) is 4.90 Å². The fourth-order valence-electron chi connectivity index (χ4n) is 2.20. The van der Waals surface area contributed by atoms with Gasteiger partial charge < -0.3 is 4.90 Å². The number of nitrogens with zero attached hydrogens (tertiary/aromatic N) is 2. The predicted octanol–water partition coefficient (Wildman–Crippen LogP) is 3.93. The van der Waals surface area contributed by atoms with Gasteiger partial charge in [-0.1, -0.05) is 42.5 Å². The van der Waals surface area contributed by atoms with E-state index in [1.54, 1.807) is 0 Å². The van der Waals surface area contributed by atoms with E-state index in [9.17, 15) is 0 Å². The minimum atomic E-state index is 0.773. The van der Waals surface area contributed by atoms with E-state index in [-0.39, 0.29) is 0 Å². The maximum Gasteiger partial charge on any atom is 0.155 e. The lowest BCUT2D eigenvalue weighted by molar-refractivity contribution is 0.931. The lowest BCUT2D eigenvalue weighted by Crippen LogP contribution is -2.16. The smallest absolute Gasteiger partial charge is 0.155 e. The molecule has 1 radical (unpaired) electrons. The van der Waals surface area contributed by atoms with Crippen LogP contribution >= 0.6 is 0 Å². The van der Waals surface area contributed by atoms with Gasteiger partial charge in [-0.25, -0.2) is 0 Å². The van der Waals surface area contributed by atoms with E-state index >= 15 is 0 Å². The molecule has 3 aromatic rings. The quantitative estimate of drug-likeness (QED) is 0.772. The Labute approximate surface area is 118 Å². The van der Waals surface area contributed by atoms with E-state index in [4.69, 9.17) is 0 Å². The molecule has 0 aliphatic heterocycles. The van der Waals surface area contributed by atoms with Crippen LogP contribution in [0.4, 0.5) is 11.5 Å². The maximum atomic E-state index is 4.30. The van der Waals surface area contributed by atoms with Crippen LogP contribution in [0.3, 0.4) is 0 Å². The lowest BCUT2D eigenvalue weighted by Gasteiger charge is -2.23. The van der Waals surface area contributed by atoms with Crippen LogP contribution in [0.5, 0.6) is 0 Å². The molecule has 2 aromatic carbocycles. The fourth-order valence-corrected chi connectivity index (χ4v) is 2.20. The molecule has 0 atom stereocenters. The van der Waals surface area contributed by atoms with E-state index in [0.717, 1.165) is 23.6 Å². The second-order valence-electron chi connectivity index (χ2n) is 4.67. The summed E-state index contributed by atoms with van der Waals surface area (Å²) in [7, 11) is 0. The zero-order valence-corrected chi connectivity index (χ0v) is 11.2. The summed E-state index contributed by atoms with van der Waals surface area (Å²) in [5, 5.41) is 7.17. The molecule has 0 spiro atoms. The Morgan fingerprint density at radius 3 is 2.55 bits per heavy atom. The Morgan fingerprint density at radius 1 is 1.00 bits per heavy atom. The monoisotopic (exact) mass is 262 g/mol. The molecule has 3 heteroatoms. The third-order valence-corrected chi connectivity index (χ3v) is 3.17. The number of nitrogens with one attached hydrogen (secondary N) is 1. The summed E-state index contributed by atoms with van der Waals surface area (Å²) < 4.78 is 0. The number of anilines is 2. The van der Waals surface area contributed by atoms with Gasteiger partial charge in [-0.3, -0.25) is 5.10 Å². The zero-order valence-electron chi connectivity index (χ0n) is 11.2. The Morgan fingerprint density at radius 2 is 1.85 bits per heavy atom. The zero-order chi connectivity index (χ0) is 13.8. The van der Waals surface area contributed by atoms with Crippen LogP contribution < -0.4 is 4.90 Å². The number of benzene rings is 2. The summed E-state index contributed by atoms with van der Waals surface area (Å²) in [6, 6.07) is 20.5. The molecule has 0 saturated heterocycles. The minimum absolute atomic E-state index is 0.773. The maximum absolute atomic E-state index is 4.30. The largest absolute Gasteiger partial charge is 0.320 e. The molecule has 0 saturated carbocycles. The topological polar surface area (TPSA) is 31.9 Å². The molecule has 0 bridgehead atoms. The highest BCUT2D eigenvalue weighted by molar-refractivity contribution is 5.61. The van der Waals surface area contributed by atoms with Gasteiger partial charge in [0.1, 0.15) is 0 Å². The van der Waals surface area contributed by atoms with Gasteiger partial charge in [0.15, 0.2) is 5.82 Å². The molecule has 1 N–H and O–H groups in total. The van der Waals surface area contributed by atoms with Crippen molar-refractivity contribution in [2.45, 2.75) is 6.54 Å². The lowest BCUT2D eigenvalue weighted by atomic mass is 10.1. The fraction of sp³-hybridized carbons (Fsp3) is 0.0588. The van der Waals surface area contributed by atoms with Gasteiger partial charge in [0.25, 0.3) is 0 Å². The van der Waals surface area contributed by atoms with Crippen molar-refractivity contribution in [3.8, 4) is 0 Å². The van der Waals surface area contributed by atoms with Gasteiger partial charge in [-0.05, 0) is 30.2 Å². The van der Waals surface area contributed by atoms with Crippen molar-refractivity contribution in [3.05, 3.63) is 84.9 Å². The normalized spacial score (nSPS) is 10.4. The second kappa shape index (κ2) is 5.61. The SMILES string of the molecule is [CH2]c1cccc(N(Cc2ccccc2)c2cc[nH]n2)c1. The molecule has 0 fully saturated rings. The highest BCUT2D eigenvalue weighted by Gasteiger charge is 2.11. The molecule has 0 aliphatic carbocycles. The van der Waals surface area contributed by atoms with Gasteiger partial charge in [0.05, 0.1) is 0 Å². The predicted molar refractivity (Wildman–Crippen MR) is 81.8 cm³/mol. The van der Waals surface area contributed by atoms with Crippen LogP contribution in [-0.2, 0) is 6.54 Å². The molecule has 0 unspecified atom stereocenters. The first kappa shape index (κ1) is 12.5. The van der Waals surface area contributed by atoms with Crippen molar-refractivity contribution in [1.29, 1.82) is 0 Å². The molecule has 1 aromatic heterocycles. The van der Waals surface area contributed by atoms with E-state index in [0.29, 0.717) is 0 Å². The van der Waals surface area contributed by atoms with Crippen LogP contribution in [0.25, 0.3) is 0 Å². The number of aromatic nitrogens is 2. The van der Waals surface area contributed by atoms with Crippen molar-refractivity contribution in [2.24, 2.45) is 0 Å². The van der Waals surface area contributed by atoms with Gasteiger partial charge in [0, 0.05) is 24.5 Å². The molecule has 3 rings (SSSR count). The molecule has 20 heavy (non-hydrogen) atoms. The number of hydrogen-bond acceptors (Lipinski definition) is 2. The van der Waals surface area contributed by atoms with Crippen LogP contribution in [0.15, 0.2) is 66.9 Å². The van der Waals surface area contributed by atoms with E-state index in [2.05, 4.69) is 58.4 Å². The summed E-state index contributed by atoms with van der Waals surface area (Å²) in [6.45, 7) is 4.77. The van der Waals surface area contributed by atoms with E-state index in [1.807, 2.05) is 30.5 Å². The summed E-state index contributed by atoms with van der Waals surface area (Å²) >= 11 is 0. The molecule has 3 nitrogen and oxygen atoms in total. The summed E-state index contributed by atoms with van der Waals surface area (Å²) in [6.07, 6.45) is 1.83. The molecular formula is C17H16N3. The first-order valence-corrected chi connectivity index (χ1v) is 6.56. The average Bonchev–Trinajstić information content (AvgIpc) is 3.00. The van der Waals surface area contributed by atoms with E-state index < -0.39 is 0 Å².